The number of imidazole rings is 1. The van der Waals surface area contributed by atoms with Gasteiger partial charge in [0.15, 0.2) is 0 Å². The molecule has 0 saturated carbocycles. The van der Waals surface area contributed by atoms with Gasteiger partial charge >= 0.3 is 12.0 Å². The number of ether oxygens (including phenoxy) is 1. The van der Waals surface area contributed by atoms with Crippen LogP contribution in [0, 0.1) is 0 Å². The molecule has 2 aromatic carbocycles. The Bertz CT molecular complexity index is 1150. The van der Waals surface area contributed by atoms with Gasteiger partial charge in [-0.3, -0.25) is 4.79 Å². The lowest BCUT2D eigenvalue weighted by Gasteiger charge is -2.18. The number of amides is 3. The summed E-state index contributed by atoms with van der Waals surface area (Å²) >= 11 is 0. The van der Waals surface area contributed by atoms with Crippen LogP contribution in [0.1, 0.15) is 26.5 Å². The quantitative estimate of drug-likeness (QED) is 0.637. The molecule has 0 atom stereocenters. The normalized spacial score (nSPS) is 10.6. The largest absolute Gasteiger partial charge is 0.465 e. The van der Waals surface area contributed by atoms with Crippen molar-refractivity contribution in [2.24, 2.45) is 7.05 Å². The van der Waals surface area contributed by atoms with E-state index in [1.54, 1.807) is 57.5 Å². The van der Waals surface area contributed by atoms with Crippen LogP contribution in [0.3, 0.4) is 0 Å². The lowest BCUT2D eigenvalue weighted by Crippen LogP contribution is -2.31. The van der Waals surface area contributed by atoms with Crippen molar-refractivity contribution in [2.75, 3.05) is 33.6 Å². The van der Waals surface area contributed by atoms with Crippen LogP contribution in [0.4, 0.5) is 10.5 Å². The third-order valence-electron chi connectivity index (χ3n) is 4.89. The van der Waals surface area contributed by atoms with Crippen LogP contribution in [0.2, 0.25) is 0 Å². The van der Waals surface area contributed by atoms with E-state index in [4.69, 9.17) is 4.74 Å². The summed E-state index contributed by atoms with van der Waals surface area (Å²) in [5.74, 6) is 0.0986. The molecule has 0 saturated heterocycles. The van der Waals surface area contributed by atoms with Gasteiger partial charge in [-0.1, -0.05) is 6.07 Å². The van der Waals surface area contributed by atoms with Crippen LogP contribution in [-0.2, 0) is 18.3 Å². The number of rotatable bonds is 5. The number of nitrogens with one attached hydrogen (secondary N) is 1. The molecule has 1 aromatic heterocycles. The molecule has 0 aliphatic rings. The van der Waals surface area contributed by atoms with E-state index in [1.165, 1.54) is 16.9 Å². The minimum Gasteiger partial charge on any atom is -0.465 e. The first-order valence-corrected chi connectivity index (χ1v) is 9.58. The molecule has 1 heterocycles. The van der Waals surface area contributed by atoms with E-state index in [0.29, 0.717) is 28.2 Å². The third-order valence-corrected chi connectivity index (χ3v) is 4.89. The standard InChI is InChI=1S/C22H25N5O4/c1-25(2)20(28)14-9-10-18-17(12-14)24-19(27(18)4)13-26(3)22(30)23-16-8-6-7-15(11-16)21(29)31-5/h6-12H,13H2,1-5H3,(H,23,30). The molecule has 0 spiro atoms. The van der Waals surface area contributed by atoms with Crippen molar-refractivity contribution in [3.05, 3.63) is 59.4 Å². The van der Waals surface area contributed by atoms with Gasteiger partial charge in [-0.25, -0.2) is 14.6 Å². The molecule has 0 bridgehead atoms. The Morgan fingerprint density at radius 1 is 1.06 bits per heavy atom. The molecule has 0 unspecified atom stereocenters. The number of fused-ring (bicyclic) bond motifs is 1. The maximum absolute atomic E-state index is 12.6. The van der Waals surface area contributed by atoms with Crippen LogP contribution in [-0.4, -0.2) is 65.5 Å². The number of carbonyl (C=O) groups excluding carboxylic acids is 3. The summed E-state index contributed by atoms with van der Waals surface area (Å²) in [5.41, 5.74) is 2.94. The van der Waals surface area contributed by atoms with E-state index < -0.39 is 5.97 Å². The highest BCUT2D eigenvalue weighted by atomic mass is 16.5. The molecule has 3 aromatic rings. The number of nitrogens with zero attached hydrogens (tertiary/aromatic N) is 4. The molecule has 0 aliphatic carbocycles. The summed E-state index contributed by atoms with van der Waals surface area (Å²) in [6, 6.07) is 11.5. The average molecular weight is 423 g/mol. The third kappa shape index (κ3) is 4.66. The maximum atomic E-state index is 12.6. The summed E-state index contributed by atoms with van der Waals surface area (Å²) in [6.07, 6.45) is 0. The van der Waals surface area contributed by atoms with Crippen molar-refractivity contribution in [1.29, 1.82) is 0 Å². The minimum atomic E-state index is -0.476. The summed E-state index contributed by atoms with van der Waals surface area (Å²) in [5, 5.41) is 2.76. The number of hydrogen-bond donors (Lipinski definition) is 1. The van der Waals surface area contributed by atoms with Gasteiger partial charge in [0.05, 0.1) is 30.3 Å². The van der Waals surface area contributed by atoms with Crippen molar-refractivity contribution >= 4 is 34.6 Å². The van der Waals surface area contributed by atoms with Gasteiger partial charge in [0.2, 0.25) is 0 Å². The zero-order valence-electron chi connectivity index (χ0n) is 18.2. The Morgan fingerprint density at radius 3 is 2.48 bits per heavy atom. The lowest BCUT2D eigenvalue weighted by atomic mass is 10.2. The van der Waals surface area contributed by atoms with Gasteiger partial charge in [0, 0.05) is 39.4 Å². The average Bonchev–Trinajstić information content (AvgIpc) is 3.07. The van der Waals surface area contributed by atoms with Crippen LogP contribution in [0.15, 0.2) is 42.5 Å². The number of anilines is 1. The van der Waals surface area contributed by atoms with Crippen LogP contribution >= 0.6 is 0 Å². The Morgan fingerprint density at radius 2 is 1.81 bits per heavy atom. The van der Waals surface area contributed by atoms with Crippen LogP contribution in [0.25, 0.3) is 11.0 Å². The van der Waals surface area contributed by atoms with Crippen molar-refractivity contribution < 1.29 is 19.1 Å². The first-order chi connectivity index (χ1) is 14.7. The molecule has 162 valence electrons. The van der Waals surface area contributed by atoms with E-state index in [-0.39, 0.29) is 18.5 Å². The topological polar surface area (TPSA) is 96.8 Å². The fourth-order valence-electron chi connectivity index (χ4n) is 3.13. The van der Waals surface area contributed by atoms with Crippen molar-refractivity contribution in [3.63, 3.8) is 0 Å². The van der Waals surface area contributed by atoms with E-state index in [2.05, 4.69) is 10.3 Å². The lowest BCUT2D eigenvalue weighted by molar-refractivity contribution is 0.0600. The monoisotopic (exact) mass is 423 g/mol. The summed E-state index contributed by atoms with van der Waals surface area (Å²) in [6.45, 7) is 0.255. The van der Waals surface area contributed by atoms with Crippen molar-refractivity contribution in [1.82, 2.24) is 19.4 Å². The molecular weight excluding hydrogens is 398 g/mol. The van der Waals surface area contributed by atoms with Gasteiger partial charge in [0.25, 0.3) is 5.91 Å². The van der Waals surface area contributed by atoms with Gasteiger partial charge in [-0.05, 0) is 36.4 Å². The molecule has 0 aliphatic heterocycles. The van der Waals surface area contributed by atoms with Gasteiger partial charge in [-0.2, -0.15) is 0 Å². The zero-order valence-corrected chi connectivity index (χ0v) is 18.2. The SMILES string of the molecule is COC(=O)c1cccc(NC(=O)N(C)Cc2nc3cc(C(=O)N(C)C)ccc3n2C)c1. The van der Waals surface area contributed by atoms with E-state index in [0.717, 1.165) is 5.52 Å². The number of aromatic nitrogens is 2. The number of benzene rings is 2. The van der Waals surface area contributed by atoms with Crippen LogP contribution in [0.5, 0.6) is 0 Å². The second-order valence-corrected chi connectivity index (χ2v) is 7.35. The number of urea groups is 1. The molecule has 3 amide bonds. The van der Waals surface area contributed by atoms with E-state index in [9.17, 15) is 14.4 Å². The molecule has 1 N–H and O–H groups in total. The van der Waals surface area contributed by atoms with E-state index >= 15 is 0 Å². The van der Waals surface area contributed by atoms with Gasteiger partial charge < -0.3 is 24.4 Å². The Kier molecular flexibility index (Phi) is 6.24. The summed E-state index contributed by atoms with van der Waals surface area (Å²) in [4.78, 5) is 44.1. The highest BCUT2D eigenvalue weighted by molar-refractivity contribution is 5.97. The van der Waals surface area contributed by atoms with Crippen molar-refractivity contribution in [3.8, 4) is 0 Å². The first-order valence-electron chi connectivity index (χ1n) is 9.58. The second kappa shape index (κ2) is 8.86. The Labute approximate surface area is 180 Å². The number of esters is 1. The number of hydrogen-bond acceptors (Lipinski definition) is 5. The smallest absolute Gasteiger partial charge is 0.337 e. The van der Waals surface area contributed by atoms with Gasteiger partial charge in [-0.15, -0.1) is 0 Å². The number of carbonyl (C=O) groups is 3. The zero-order chi connectivity index (χ0) is 22.7. The van der Waals surface area contributed by atoms with Gasteiger partial charge in [0.1, 0.15) is 5.82 Å². The molecular formula is C22H25N5O4. The second-order valence-electron chi connectivity index (χ2n) is 7.35. The van der Waals surface area contributed by atoms with Crippen LogP contribution < -0.4 is 5.32 Å². The molecule has 9 nitrogen and oxygen atoms in total. The predicted octanol–water partition coefficient (Wildman–Crippen LogP) is 2.73. The fraction of sp³-hybridized carbons (Fsp3) is 0.273. The molecule has 0 fully saturated rings. The first kappa shape index (κ1) is 21.8. The predicted molar refractivity (Wildman–Crippen MR) is 117 cm³/mol. The molecule has 3 rings (SSSR count). The fourth-order valence-corrected chi connectivity index (χ4v) is 3.13. The summed E-state index contributed by atoms with van der Waals surface area (Å²) in [7, 11) is 8.22. The molecule has 31 heavy (non-hydrogen) atoms. The Balaban J connectivity index is 1.75. The van der Waals surface area contributed by atoms with E-state index in [1.807, 2.05) is 17.7 Å². The highest BCUT2D eigenvalue weighted by Crippen LogP contribution is 2.19. The minimum absolute atomic E-state index is 0.0974. The maximum Gasteiger partial charge on any atom is 0.337 e. The van der Waals surface area contributed by atoms with Crippen molar-refractivity contribution in [2.45, 2.75) is 6.54 Å². The summed E-state index contributed by atoms with van der Waals surface area (Å²) < 4.78 is 6.59. The highest BCUT2D eigenvalue weighted by Gasteiger charge is 2.17. The Hall–Kier alpha value is -3.88. The number of aryl methyl sites for hydroxylation is 1. The number of methoxy groups -OCH3 is 1. The molecule has 0 radical (unpaired) electrons. The molecule has 9 heteroatoms.